The van der Waals surface area contributed by atoms with E-state index < -0.39 is 426 Å². The van der Waals surface area contributed by atoms with Crippen LogP contribution in [-0.4, -0.2) is 569 Å². The predicted octanol–water partition coefficient (Wildman–Crippen LogP) is -22.2. The highest BCUT2D eigenvalue weighted by Crippen LogP contribution is 2.43. The van der Waals surface area contributed by atoms with Gasteiger partial charge < -0.3 is 269 Å². The first-order valence-electron chi connectivity index (χ1n) is 43.4. The summed E-state index contributed by atoms with van der Waals surface area (Å²) in [6.07, 6.45) is -108. The fourth-order valence-corrected chi connectivity index (χ4v) is 17.6. The molecule has 0 aromatic heterocycles. The van der Waals surface area contributed by atoms with Crippen molar-refractivity contribution in [3.8, 4) is 0 Å². The normalized spacial score (nSPS) is 49.5. The number of ether oxygens (including phenoxy) is 21. The largest absolute Gasteiger partial charge is 0.394 e. The van der Waals surface area contributed by atoms with Gasteiger partial charge in [0.05, 0.1) is 71.7 Å². The van der Waals surface area contributed by atoms with Gasteiger partial charge in [-0.1, -0.05) is 0 Å². The molecule has 135 heavy (non-hydrogen) atoms. The van der Waals surface area contributed by atoms with Gasteiger partial charge in [0.15, 0.2) is 69.2 Å². The van der Waals surface area contributed by atoms with E-state index in [1.54, 1.807) is 0 Å². The number of aliphatic hydroxyl groups is 28. The van der Waals surface area contributed by atoms with Crippen molar-refractivity contribution in [2.24, 2.45) is 0 Å². The molecule has 11 rings (SSSR count). The van der Waals surface area contributed by atoms with E-state index in [4.69, 9.17) is 99.5 Å². The molecule has 0 radical (unpaired) electrons. The Bertz CT molecular complexity index is 3750. The molecule has 780 valence electrons. The van der Waals surface area contributed by atoms with Crippen LogP contribution in [0.1, 0.15) is 48.5 Å². The van der Waals surface area contributed by atoms with E-state index in [2.05, 4.69) is 26.6 Å². The van der Waals surface area contributed by atoms with Gasteiger partial charge in [0, 0.05) is 34.6 Å². The molecular formula is C76H127N5O54. The maximum Gasteiger partial charge on any atom is 0.217 e. The fraction of sp³-hybridized carbons (Fsp3) is 0.934. The van der Waals surface area contributed by atoms with Crippen LogP contribution in [0.25, 0.3) is 0 Å². The maximum absolute atomic E-state index is 13.7. The van der Waals surface area contributed by atoms with Gasteiger partial charge in [-0.2, -0.15) is 0 Å². The lowest BCUT2D eigenvalue weighted by atomic mass is 9.93. The Labute approximate surface area is 765 Å². The highest BCUT2D eigenvalue weighted by atomic mass is 16.8. The quantitative estimate of drug-likeness (QED) is 0.0284. The Morgan fingerprint density at radius 1 is 0.207 bits per heavy atom. The Morgan fingerprint density at radius 2 is 0.467 bits per heavy atom. The molecule has 59 nitrogen and oxygen atoms in total. The number of hydrogen-bond acceptors (Lipinski definition) is 54. The second-order valence-electron chi connectivity index (χ2n) is 34.5. The molecule has 5 amide bonds. The van der Waals surface area contributed by atoms with Gasteiger partial charge in [0.25, 0.3) is 0 Å². The van der Waals surface area contributed by atoms with Crippen molar-refractivity contribution in [1.29, 1.82) is 0 Å². The monoisotopic (exact) mass is 1970 g/mol. The average Bonchev–Trinajstić information content (AvgIpc) is 0.757. The zero-order valence-electron chi connectivity index (χ0n) is 73.3. The number of carbonyl (C=O) groups is 5. The number of aliphatic hydroxyl groups excluding tert-OH is 28. The Balaban J connectivity index is 1.03. The Hall–Kier alpha value is -4.61. The van der Waals surface area contributed by atoms with E-state index in [0.29, 0.717) is 0 Å². The summed E-state index contributed by atoms with van der Waals surface area (Å²) >= 11 is 0. The number of hydrogen-bond donors (Lipinski definition) is 33. The molecule has 11 aliphatic heterocycles. The highest BCUT2D eigenvalue weighted by molar-refractivity contribution is 5.75. The molecule has 1 unspecified atom stereocenters. The first kappa shape index (κ1) is 111. The van der Waals surface area contributed by atoms with Gasteiger partial charge in [-0.25, -0.2) is 0 Å². The average molecular weight is 1970 g/mol. The molecular weight excluding hydrogens is 1850 g/mol. The van der Waals surface area contributed by atoms with Crippen LogP contribution in [0.4, 0.5) is 0 Å². The van der Waals surface area contributed by atoms with E-state index in [0.717, 1.165) is 34.6 Å². The van der Waals surface area contributed by atoms with E-state index in [-0.39, 0.29) is 0 Å². The summed E-state index contributed by atoms with van der Waals surface area (Å²) in [4.78, 5) is 65.9. The second kappa shape index (κ2) is 48.2. The van der Waals surface area contributed by atoms with Crippen LogP contribution in [0.2, 0.25) is 0 Å². The summed E-state index contributed by atoms with van der Waals surface area (Å²) in [5.41, 5.74) is 0. The van der Waals surface area contributed by atoms with Gasteiger partial charge in [-0.15, -0.1) is 0 Å². The molecule has 0 aliphatic carbocycles. The lowest BCUT2D eigenvalue weighted by Gasteiger charge is -2.52. The minimum absolute atomic E-state index is 0.877. The van der Waals surface area contributed by atoms with Gasteiger partial charge in [0.2, 0.25) is 29.5 Å². The minimum atomic E-state index is -2.80. The zero-order chi connectivity index (χ0) is 99.4. The van der Waals surface area contributed by atoms with Crippen LogP contribution < -0.4 is 26.6 Å². The predicted molar refractivity (Wildman–Crippen MR) is 417 cm³/mol. The molecule has 0 spiro atoms. The lowest BCUT2D eigenvalue weighted by Crippen LogP contribution is -2.72. The van der Waals surface area contributed by atoms with Crippen molar-refractivity contribution in [2.75, 3.05) is 59.5 Å². The summed E-state index contributed by atoms with van der Waals surface area (Å²) in [5, 5.41) is 330. The maximum atomic E-state index is 13.7. The summed E-state index contributed by atoms with van der Waals surface area (Å²) in [6.45, 7) is -3.70. The van der Waals surface area contributed by atoms with E-state index in [9.17, 15) is 167 Å². The van der Waals surface area contributed by atoms with Gasteiger partial charge in [-0.05, 0) is 13.8 Å². The van der Waals surface area contributed by atoms with Crippen LogP contribution >= 0.6 is 0 Å². The third kappa shape index (κ3) is 24.7. The summed E-state index contributed by atoms with van der Waals surface area (Å²) < 4.78 is 129. The lowest BCUT2D eigenvalue weighted by molar-refractivity contribution is -0.408. The first-order valence-corrected chi connectivity index (χ1v) is 43.4. The number of rotatable bonds is 34. The number of amides is 5. The number of nitrogens with one attached hydrogen (secondary N) is 5. The fourth-order valence-electron chi connectivity index (χ4n) is 17.6. The Kier molecular flexibility index (Phi) is 39.5. The van der Waals surface area contributed by atoms with Crippen molar-refractivity contribution in [3.05, 3.63) is 0 Å². The van der Waals surface area contributed by atoms with Gasteiger partial charge >= 0.3 is 0 Å². The van der Waals surface area contributed by atoms with Crippen LogP contribution in [0.3, 0.4) is 0 Å². The smallest absolute Gasteiger partial charge is 0.217 e. The molecule has 55 atom stereocenters. The third-order valence-corrected chi connectivity index (χ3v) is 24.9. The summed E-state index contributed by atoms with van der Waals surface area (Å²) in [5.74, 6) is -4.94. The zero-order valence-corrected chi connectivity index (χ0v) is 73.3. The molecule has 33 N–H and O–H groups in total. The summed E-state index contributed by atoms with van der Waals surface area (Å²) in [7, 11) is 0. The van der Waals surface area contributed by atoms with Gasteiger partial charge in [-0.3, -0.25) is 24.0 Å². The highest BCUT2D eigenvalue weighted by Gasteiger charge is 2.63. The van der Waals surface area contributed by atoms with Gasteiger partial charge in [0.1, 0.15) is 256 Å². The van der Waals surface area contributed by atoms with Crippen LogP contribution in [0, 0.1) is 0 Å². The number of carbonyl (C=O) groups excluding carboxylic acids is 5. The molecule has 11 saturated heterocycles. The van der Waals surface area contributed by atoms with Crippen molar-refractivity contribution in [2.45, 2.75) is 386 Å². The molecule has 59 heteroatoms. The standard InChI is InChI=1S/C76H127N5O54/c1-17-38(94)49(105)54(110)71(117-17)115-15-31-59(47(103)33(66(114)119-31)77-19(3)89)128-69-36(80-22(6)92)48(104)58(29(13-87)125-69)129-74-57(113)63(133-76-65(53(109)44(100)28(12-86)124-76)135-68-35(79-21(5)91)46(102)41(97)25(9-83)121-68)61(130-67-34(78-20(4)90)45(101)40(96)24(8-82)120-67)32(127-74)16-116-75-64(52(108)43(99)27(11-85)123-75)134-70-37(81-23(7)93)62(132-72-55(111)50(106)39(95)18(2)118-72)60(30(14-88)126-70)131-73-56(112)51(107)42(98)26(10-84)122-73/h17-18,24-76,82-88,94-114H,8-16H2,1-7H3,(H,77,89)(H,78,90)(H,79,91)(H,80,92)(H,81,93)/t17-,18-,24+,25+,26+,27+,28+,29+,30+,31+,32+,33+,34+,35+,36+,37+,38+,39+,40+,41+,42-,43+,44+,45+,46+,47+,48+,49+,50+,51-,52-,53-,54-,55-,56+,57-,58+,59+,60+,61+,62+,63+,64-,65-,66?,67-,68-,69-,70-,71+,72-,73-,74-,75-,76+/m0/s1. The van der Waals surface area contributed by atoms with E-state index >= 15 is 0 Å². The molecule has 0 saturated carbocycles. The SMILES string of the molecule is CC(=O)N[C@H]1[C@H](O[C@H]2[C@H](O)[C@@H](NC(C)=O)C(O)O[C@@H]2CO[C@@H]2O[C@@H](C)[C@@H](O)[C@@H](O)[C@@H]2O)O[C@H](CO)[C@@H](O[C@@H]2O[C@H](CO[C@H]3O[C@H](CO)[C@@H](O)[C@H](O)[C@@H]3O[C@@H]3O[C@H](CO)[C@@H](O[C@@H]4O[C@H](CO)[C@H](O)[C@H](O)[C@H]4O)[C@H](O[C@@H]4O[C@@H](C)[C@@H](O)[C@@H](O)[C@@H]4O)[C@H]3NC(C)=O)[C@@H](O[C@@H]3O[C@H](CO)[C@@H](O)[C@H](O)[C@H]3NC(C)=O)[C@H](O[C@H]3O[C@H](CO)[C@@H](O)[C@H](O)[C@@H]3O[C@@H]3O[C@H](CO)[C@@H](O)[C@H](O)[C@H]3NC(C)=O)[C@@H]2O)[C@@H]1O. The molecule has 11 fully saturated rings. The first-order chi connectivity index (χ1) is 63.8. The minimum Gasteiger partial charge on any atom is -0.394 e. The molecule has 0 bridgehead atoms. The topological polar surface area (TPSA) is 906 Å². The molecule has 0 aromatic carbocycles. The van der Waals surface area contributed by atoms with Crippen molar-refractivity contribution < 1.29 is 266 Å². The van der Waals surface area contributed by atoms with Crippen molar-refractivity contribution >= 4 is 29.5 Å². The molecule has 11 heterocycles. The van der Waals surface area contributed by atoms with Crippen molar-refractivity contribution in [1.82, 2.24) is 26.6 Å². The molecule has 11 aliphatic rings. The van der Waals surface area contributed by atoms with E-state index in [1.165, 1.54) is 13.8 Å². The summed E-state index contributed by atoms with van der Waals surface area (Å²) in [6, 6.07) is -10.0. The van der Waals surface area contributed by atoms with Crippen LogP contribution in [0.5, 0.6) is 0 Å². The Morgan fingerprint density at radius 3 is 0.926 bits per heavy atom. The van der Waals surface area contributed by atoms with Crippen LogP contribution in [-0.2, 0) is 123 Å². The third-order valence-electron chi connectivity index (χ3n) is 24.9. The van der Waals surface area contributed by atoms with E-state index in [1.807, 2.05) is 0 Å². The van der Waals surface area contributed by atoms with Crippen LogP contribution in [0.15, 0.2) is 0 Å². The van der Waals surface area contributed by atoms with Crippen molar-refractivity contribution in [3.63, 3.8) is 0 Å². The molecule has 0 aromatic rings. The second-order valence-corrected chi connectivity index (χ2v) is 34.5.